The molecule has 1 aliphatic rings. The first-order chi connectivity index (χ1) is 9.67. The van der Waals surface area contributed by atoms with Gasteiger partial charge in [-0.1, -0.05) is 26.0 Å². The minimum Gasteiger partial charge on any atom is -0.357 e. The second-order valence-corrected chi connectivity index (χ2v) is 5.77. The number of allylic oxidation sites excluding steroid dienone is 1. The summed E-state index contributed by atoms with van der Waals surface area (Å²) < 4.78 is 0. The van der Waals surface area contributed by atoms with Gasteiger partial charge >= 0.3 is 0 Å². The Labute approximate surface area is 124 Å². The number of rotatable bonds is 6. The fraction of sp³-hybridized carbons (Fsp3) is 0.812. The van der Waals surface area contributed by atoms with Crippen LogP contribution >= 0.6 is 0 Å². The highest BCUT2D eigenvalue weighted by atomic mass is 15.3. The van der Waals surface area contributed by atoms with Gasteiger partial charge in [-0.2, -0.15) is 0 Å². The molecule has 4 nitrogen and oxygen atoms in total. The van der Waals surface area contributed by atoms with Gasteiger partial charge in [0.25, 0.3) is 0 Å². The van der Waals surface area contributed by atoms with Gasteiger partial charge in [0.05, 0.1) is 0 Å². The number of guanidine groups is 1. The molecule has 0 unspecified atom stereocenters. The van der Waals surface area contributed by atoms with Crippen LogP contribution in [0.2, 0.25) is 0 Å². The van der Waals surface area contributed by atoms with Crippen LogP contribution in [0.4, 0.5) is 0 Å². The summed E-state index contributed by atoms with van der Waals surface area (Å²) in [5.74, 6) is 1.84. The molecule has 0 amide bonds. The molecule has 4 heteroatoms. The molecule has 1 saturated heterocycles. The molecule has 0 bridgehead atoms. The molecular formula is C16H32N4. The Morgan fingerprint density at radius 3 is 2.50 bits per heavy atom. The van der Waals surface area contributed by atoms with Crippen LogP contribution in [0.3, 0.4) is 0 Å². The van der Waals surface area contributed by atoms with Crippen molar-refractivity contribution in [3.63, 3.8) is 0 Å². The Balaban J connectivity index is 2.44. The molecule has 0 aromatic carbocycles. The first kappa shape index (κ1) is 17.0. The van der Waals surface area contributed by atoms with E-state index in [4.69, 9.17) is 4.99 Å². The summed E-state index contributed by atoms with van der Waals surface area (Å²) in [5.41, 5.74) is 0. The Morgan fingerprint density at radius 1 is 1.25 bits per heavy atom. The quantitative estimate of drug-likeness (QED) is 0.350. The first-order valence-electron chi connectivity index (χ1n) is 8.04. The molecule has 1 fully saturated rings. The van der Waals surface area contributed by atoms with Gasteiger partial charge in [0.1, 0.15) is 0 Å². The lowest BCUT2D eigenvalue weighted by atomic mass is 10.2. The highest BCUT2D eigenvalue weighted by molar-refractivity contribution is 5.80. The molecule has 1 heterocycles. The first-order valence-corrected chi connectivity index (χ1v) is 8.04. The summed E-state index contributed by atoms with van der Waals surface area (Å²) in [4.78, 5) is 9.68. The largest absolute Gasteiger partial charge is 0.357 e. The fourth-order valence-corrected chi connectivity index (χ4v) is 2.50. The number of aliphatic imine (C=N–C) groups is 1. The lowest BCUT2D eigenvalue weighted by molar-refractivity contribution is 0.164. The summed E-state index contributed by atoms with van der Waals surface area (Å²) in [6.07, 6.45) is 5.29. The van der Waals surface area contributed by atoms with Crippen LogP contribution in [-0.2, 0) is 0 Å². The molecule has 0 spiro atoms. The van der Waals surface area contributed by atoms with Crippen molar-refractivity contribution in [1.29, 1.82) is 0 Å². The van der Waals surface area contributed by atoms with Crippen molar-refractivity contribution >= 4 is 5.96 Å². The van der Waals surface area contributed by atoms with Crippen molar-refractivity contribution in [3.8, 4) is 0 Å². The van der Waals surface area contributed by atoms with Gasteiger partial charge in [0.2, 0.25) is 0 Å². The van der Waals surface area contributed by atoms with E-state index < -0.39 is 0 Å². The predicted octanol–water partition coefficient (Wildman–Crippen LogP) is 2.19. The van der Waals surface area contributed by atoms with Gasteiger partial charge in [0.15, 0.2) is 5.96 Å². The van der Waals surface area contributed by atoms with Crippen molar-refractivity contribution < 1.29 is 0 Å². The highest BCUT2D eigenvalue weighted by Gasteiger charge is 2.19. The SMILES string of the molecule is C/C=C/CCN=C(NCC)N1CCN(CC(C)C)CC1. The maximum absolute atomic E-state index is 4.72. The van der Waals surface area contributed by atoms with E-state index in [9.17, 15) is 0 Å². The number of hydrogen-bond acceptors (Lipinski definition) is 2. The van der Waals surface area contributed by atoms with Gasteiger partial charge in [-0.05, 0) is 26.2 Å². The van der Waals surface area contributed by atoms with Crippen LogP contribution in [0.25, 0.3) is 0 Å². The smallest absolute Gasteiger partial charge is 0.194 e. The molecule has 1 aliphatic heterocycles. The molecule has 0 saturated carbocycles. The normalized spacial score (nSPS) is 18.2. The van der Waals surface area contributed by atoms with Crippen LogP contribution < -0.4 is 5.32 Å². The Morgan fingerprint density at radius 2 is 1.95 bits per heavy atom. The summed E-state index contributed by atoms with van der Waals surface area (Å²) in [6.45, 7) is 16.3. The minimum absolute atomic E-state index is 0.754. The van der Waals surface area contributed by atoms with Gasteiger partial charge < -0.3 is 10.2 Å². The standard InChI is InChI=1S/C16H32N4/c1-5-7-8-9-18-16(17-6-2)20-12-10-19(11-13-20)14-15(3)4/h5,7,15H,6,8-14H2,1-4H3,(H,17,18)/b7-5+. The van der Waals surface area contributed by atoms with E-state index in [1.54, 1.807) is 0 Å². The average molecular weight is 280 g/mol. The second kappa shape index (κ2) is 9.81. The summed E-state index contributed by atoms with van der Waals surface area (Å²) >= 11 is 0. The van der Waals surface area contributed by atoms with E-state index >= 15 is 0 Å². The molecule has 0 aromatic rings. The molecule has 0 aliphatic carbocycles. The number of nitrogens with one attached hydrogen (secondary N) is 1. The van der Waals surface area contributed by atoms with Gasteiger partial charge in [-0.3, -0.25) is 9.89 Å². The molecule has 20 heavy (non-hydrogen) atoms. The van der Waals surface area contributed by atoms with Crippen LogP contribution in [-0.4, -0.2) is 61.6 Å². The molecular weight excluding hydrogens is 248 g/mol. The Bertz CT molecular complexity index is 302. The molecule has 1 rings (SSSR count). The second-order valence-electron chi connectivity index (χ2n) is 5.77. The van der Waals surface area contributed by atoms with E-state index in [0.29, 0.717) is 0 Å². The lowest BCUT2D eigenvalue weighted by Gasteiger charge is -2.37. The molecule has 1 N–H and O–H groups in total. The highest BCUT2D eigenvalue weighted by Crippen LogP contribution is 2.05. The van der Waals surface area contributed by atoms with E-state index in [1.165, 1.54) is 6.54 Å². The topological polar surface area (TPSA) is 30.9 Å². The molecule has 0 aromatic heterocycles. The predicted molar refractivity (Wildman–Crippen MR) is 88.3 cm³/mol. The average Bonchev–Trinajstić information content (AvgIpc) is 2.43. The van der Waals surface area contributed by atoms with Crippen LogP contribution in [0, 0.1) is 5.92 Å². The zero-order chi connectivity index (χ0) is 14.8. The van der Waals surface area contributed by atoms with Crippen molar-refractivity contribution in [2.24, 2.45) is 10.9 Å². The monoisotopic (exact) mass is 280 g/mol. The van der Waals surface area contributed by atoms with E-state index in [2.05, 4.69) is 55.0 Å². The molecule has 0 radical (unpaired) electrons. The summed E-state index contributed by atoms with van der Waals surface area (Å²) in [7, 11) is 0. The fourth-order valence-electron chi connectivity index (χ4n) is 2.50. The maximum atomic E-state index is 4.72. The number of nitrogens with zero attached hydrogens (tertiary/aromatic N) is 3. The van der Waals surface area contributed by atoms with Gasteiger partial charge in [-0.25, -0.2) is 0 Å². The minimum atomic E-state index is 0.754. The third-order valence-corrected chi connectivity index (χ3v) is 3.42. The van der Waals surface area contributed by atoms with Crippen molar-refractivity contribution in [2.75, 3.05) is 45.8 Å². The zero-order valence-corrected chi connectivity index (χ0v) is 13.7. The van der Waals surface area contributed by atoms with Crippen molar-refractivity contribution in [1.82, 2.24) is 15.1 Å². The third-order valence-electron chi connectivity index (χ3n) is 3.42. The van der Waals surface area contributed by atoms with E-state index in [1.807, 2.05) is 0 Å². The third kappa shape index (κ3) is 6.42. The van der Waals surface area contributed by atoms with E-state index in [0.717, 1.165) is 57.6 Å². The molecule has 116 valence electrons. The summed E-state index contributed by atoms with van der Waals surface area (Å²) in [5, 5.41) is 3.42. The van der Waals surface area contributed by atoms with Gasteiger partial charge in [0, 0.05) is 45.8 Å². The lowest BCUT2D eigenvalue weighted by Crippen LogP contribution is -2.53. The maximum Gasteiger partial charge on any atom is 0.194 e. The molecule has 0 atom stereocenters. The number of piperazine rings is 1. The van der Waals surface area contributed by atoms with Crippen LogP contribution in [0.1, 0.15) is 34.1 Å². The van der Waals surface area contributed by atoms with E-state index in [-0.39, 0.29) is 0 Å². The van der Waals surface area contributed by atoms with Crippen molar-refractivity contribution in [3.05, 3.63) is 12.2 Å². The Kier molecular flexibility index (Phi) is 8.35. The Hall–Kier alpha value is -1.03. The zero-order valence-electron chi connectivity index (χ0n) is 13.7. The van der Waals surface area contributed by atoms with Crippen LogP contribution in [0.15, 0.2) is 17.1 Å². The van der Waals surface area contributed by atoms with Gasteiger partial charge in [-0.15, -0.1) is 0 Å². The number of hydrogen-bond donors (Lipinski definition) is 1. The summed E-state index contributed by atoms with van der Waals surface area (Å²) in [6, 6.07) is 0. The van der Waals surface area contributed by atoms with Crippen molar-refractivity contribution in [2.45, 2.75) is 34.1 Å². The van der Waals surface area contributed by atoms with Crippen LogP contribution in [0.5, 0.6) is 0 Å².